The molecule has 0 saturated carbocycles. The minimum atomic E-state index is -0.718. The van der Waals surface area contributed by atoms with Gasteiger partial charge in [0.15, 0.2) is 6.61 Å². The minimum Gasteiger partial charge on any atom is -0.497 e. The van der Waals surface area contributed by atoms with Crippen LogP contribution in [0.5, 0.6) is 5.75 Å². The summed E-state index contributed by atoms with van der Waals surface area (Å²) >= 11 is 3.35. The van der Waals surface area contributed by atoms with Crippen molar-refractivity contribution in [2.24, 2.45) is 0 Å². The summed E-state index contributed by atoms with van der Waals surface area (Å²) in [6, 6.07) is 12.0. The van der Waals surface area contributed by atoms with Crippen molar-refractivity contribution in [3.05, 3.63) is 58.1 Å². The van der Waals surface area contributed by atoms with Crippen LogP contribution in [0.15, 0.2) is 46.9 Å². The fourth-order valence-electron chi connectivity index (χ4n) is 2.12. The maximum absolute atomic E-state index is 12.0. The first-order valence-corrected chi connectivity index (χ1v) is 8.82. The number of amides is 2. The minimum absolute atomic E-state index is 0.350. The van der Waals surface area contributed by atoms with E-state index in [1.807, 2.05) is 19.1 Å². The number of rotatable bonds is 7. The normalized spacial score (nSPS) is 10.0. The molecule has 0 heterocycles. The third kappa shape index (κ3) is 6.41. The van der Waals surface area contributed by atoms with E-state index < -0.39 is 24.4 Å². The molecule has 0 saturated heterocycles. The molecule has 0 aliphatic carbocycles. The molecule has 142 valence electrons. The van der Waals surface area contributed by atoms with Gasteiger partial charge in [-0.05, 0) is 58.7 Å². The highest BCUT2D eigenvalue weighted by Crippen LogP contribution is 2.23. The van der Waals surface area contributed by atoms with Crippen molar-refractivity contribution in [1.82, 2.24) is 5.32 Å². The first kappa shape index (κ1) is 20.4. The number of halogens is 1. The molecule has 8 heteroatoms. The molecule has 0 spiro atoms. The lowest BCUT2D eigenvalue weighted by Gasteiger charge is -2.09. The van der Waals surface area contributed by atoms with Gasteiger partial charge in [0.2, 0.25) is 0 Å². The topological polar surface area (TPSA) is 93.7 Å². The number of benzene rings is 2. The number of esters is 1. The van der Waals surface area contributed by atoms with Crippen LogP contribution < -0.4 is 15.4 Å². The number of ether oxygens (including phenoxy) is 2. The predicted octanol–water partition coefficient (Wildman–Crippen LogP) is 2.68. The molecule has 2 aromatic carbocycles. The Morgan fingerprint density at radius 2 is 1.89 bits per heavy atom. The van der Waals surface area contributed by atoms with Gasteiger partial charge >= 0.3 is 5.97 Å². The lowest BCUT2D eigenvalue weighted by molar-refractivity contribution is -0.146. The summed E-state index contributed by atoms with van der Waals surface area (Å²) in [5.74, 6) is -1.11. The van der Waals surface area contributed by atoms with Crippen molar-refractivity contribution in [2.75, 3.05) is 25.6 Å². The number of carbonyl (C=O) groups excluding carboxylic acids is 3. The lowest BCUT2D eigenvalue weighted by atomic mass is 10.2. The van der Waals surface area contributed by atoms with Gasteiger partial charge in [0.25, 0.3) is 11.8 Å². The molecule has 0 aromatic heterocycles. The summed E-state index contributed by atoms with van der Waals surface area (Å²) in [6.07, 6.45) is 0. The van der Waals surface area contributed by atoms with E-state index >= 15 is 0 Å². The summed E-state index contributed by atoms with van der Waals surface area (Å²) < 4.78 is 10.6. The van der Waals surface area contributed by atoms with Crippen LogP contribution in [0.4, 0.5) is 5.69 Å². The summed E-state index contributed by atoms with van der Waals surface area (Å²) in [5, 5.41) is 5.06. The largest absolute Gasteiger partial charge is 0.497 e. The van der Waals surface area contributed by atoms with E-state index in [1.165, 1.54) is 7.11 Å². The molecule has 0 radical (unpaired) electrons. The molecular formula is C19H19BrN2O5. The standard InChI is InChI=1S/C19H19BrN2O5/c1-12-6-7-16(15(20)8-12)22-17(23)11-27-18(24)10-21-19(25)13-4-3-5-14(9-13)26-2/h3-9H,10-11H2,1-2H3,(H,21,25)(H,22,23). The molecule has 2 amide bonds. The Bertz CT molecular complexity index is 854. The fourth-order valence-corrected chi connectivity index (χ4v) is 2.72. The van der Waals surface area contributed by atoms with Crippen LogP contribution in [0.25, 0.3) is 0 Å². The highest BCUT2D eigenvalue weighted by molar-refractivity contribution is 9.10. The Balaban J connectivity index is 1.76. The number of hydrogen-bond donors (Lipinski definition) is 2. The highest BCUT2D eigenvalue weighted by Gasteiger charge is 2.12. The second-order valence-corrected chi connectivity index (χ2v) is 6.46. The Kier molecular flexibility index (Phi) is 7.36. The zero-order chi connectivity index (χ0) is 19.8. The maximum Gasteiger partial charge on any atom is 0.325 e. The van der Waals surface area contributed by atoms with Gasteiger partial charge in [-0.15, -0.1) is 0 Å². The molecule has 0 atom stereocenters. The van der Waals surface area contributed by atoms with Crippen molar-refractivity contribution in [2.45, 2.75) is 6.92 Å². The number of carbonyl (C=O) groups is 3. The van der Waals surface area contributed by atoms with Gasteiger partial charge in [-0.2, -0.15) is 0 Å². The van der Waals surface area contributed by atoms with Crippen LogP contribution in [-0.2, 0) is 14.3 Å². The molecule has 2 N–H and O–H groups in total. The molecule has 0 fully saturated rings. The number of aryl methyl sites for hydroxylation is 1. The second-order valence-electron chi connectivity index (χ2n) is 5.61. The average Bonchev–Trinajstić information content (AvgIpc) is 2.66. The Hall–Kier alpha value is -2.87. The predicted molar refractivity (Wildman–Crippen MR) is 104 cm³/mol. The van der Waals surface area contributed by atoms with Crippen molar-refractivity contribution in [3.8, 4) is 5.75 Å². The van der Waals surface area contributed by atoms with Gasteiger partial charge in [0, 0.05) is 10.0 Å². The van der Waals surface area contributed by atoms with Crippen LogP contribution in [0, 0.1) is 6.92 Å². The van der Waals surface area contributed by atoms with Crippen molar-refractivity contribution >= 4 is 39.4 Å². The first-order chi connectivity index (χ1) is 12.9. The number of anilines is 1. The van der Waals surface area contributed by atoms with Crippen LogP contribution in [0.2, 0.25) is 0 Å². The number of methoxy groups -OCH3 is 1. The van der Waals surface area contributed by atoms with Crippen molar-refractivity contribution in [3.63, 3.8) is 0 Å². The van der Waals surface area contributed by atoms with Crippen molar-refractivity contribution < 1.29 is 23.9 Å². The lowest BCUT2D eigenvalue weighted by Crippen LogP contribution is -2.32. The Labute approximate surface area is 165 Å². The summed E-state index contributed by atoms with van der Waals surface area (Å²) in [7, 11) is 1.49. The van der Waals surface area contributed by atoms with E-state index in [0.29, 0.717) is 17.0 Å². The van der Waals surface area contributed by atoms with Gasteiger partial charge in [0.1, 0.15) is 12.3 Å². The van der Waals surface area contributed by atoms with E-state index in [9.17, 15) is 14.4 Å². The Morgan fingerprint density at radius 1 is 1.11 bits per heavy atom. The SMILES string of the molecule is COc1cccc(C(=O)NCC(=O)OCC(=O)Nc2ccc(C)cc2Br)c1. The van der Waals surface area contributed by atoms with Gasteiger partial charge in [-0.25, -0.2) is 0 Å². The molecule has 7 nitrogen and oxygen atoms in total. The van der Waals surface area contributed by atoms with Crippen LogP contribution in [0.1, 0.15) is 15.9 Å². The van der Waals surface area contributed by atoms with Crippen LogP contribution in [0.3, 0.4) is 0 Å². The molecule has 0 unspecified atom stereocenters. The molecule has 2 rings (SSSR count). The van der Waals surface area contributed by atoms with Gasteiger partial charge in [-0.3, -0.25) is 14.4 Å². The van der Waals surface area contributed by atoms with Crippen molar-refractivity contribution in [1.29, 1.82) is 0 Å². The monoisotopic (exact) mass is 434 g/mol. The Morgan fingerprint density at radius 3 is 2.59 bits per heavy atom. The highest BCUT2D eigenvalue weighted by atomic mass is 79.9. The summed E-state index contributed by atoms with van der Waals surface area (Å²) in [5.41, 5.74) is 1.97. The number of hydrogen-bond acceptors (Lipinski definition) is 5. The van der Waals surface area contributed by atoms with E-state index in [2.05, 4.69) is 26.6 Å². The quantitative estimate of drug-likeness (QED) is 0.653. The summed E-state index contributed by atoms with van der Waals surface area (Å²) in [4.78, 5) is 35.6. The molecule has 2 aromatic rings. The van der Waals surface area contributed by atoms with Crippen LogP contribution in [-0.4, -0.2) is 38.0 Å². The molecular weight excluding hydrogens is 416 g/mol. The zero-order valence-electron chi connectivity index (χ0n) is 14.9. The second kappa shape index (κ2) is 9.72. The van der Waals surface area contributed by atoms with Gasteiger partial charge < -0.3 is 20.1 Å². The maximum atomic E-state index is 12.0. The third-order valence-electron chi connectivity index (χ3n) is 3.49. The first-order valence-electron chi connectivity index (χ1n) is 8.03. The van der Waals surface area contributed by atoms with E-state index in [4.69, 9.17) is 9.47 Å². The van der Waals surface area contributed by atoms with E-state index in [-0.39, 0.29) is 6.54 Å². The number of nitrogens with one attached hydrogen (secondary N) is 2. The summed E-state index contributed by atoms with van der Waals surface area (Å²) in [6.45, 7) is 1.13. The third-order valence-corrected chi connectivity index (χ3v) is 4.14. The van der Waals surface area contributed by atoms with Gasteiger partial charge in [0.05, 0.1) is 12.8 Å². The molecule has 0 bridgehead atoms. The van der Waals surface area contributed by atoms with Gasteiger partial charge in [-0.1, -0.05) is 12.1 Å². The molecule has 27 heavy (non-hydrogen) atoms. The molecule has 0 aliphatic heterocycles. The smallest absolute Gasteiger partial charge is 0.325 e. The molecule has 0 aliphatic rings. The van der Waals surface area contributed by atoms with E-state index in [0.717, 1.165) is 10.0 Å². The van der Waals surface area contributed by atoms with E-state index in [1.54, 1.807) is 30.3 Å². The average molecular weight is 435 g/mol. The van der Waals surface area contributed by atoms with Crippen LogP contribution >= 0.6 is 15.9 Å². The zero-order valence-corrected chi connectivity index (χ0v) is 16.5. The fraction of sp³-hybridized carbons (Fsp3) is 0.211.